The number of carbonyl (C=O) groups excluding carboxylic acids is 1. The standard InChI is InChI=1S/C14H19F3N2O4S/c1-3-7-24(21,22)10(2)12(20)19-8-11-5-4-6-18-13(11)23-9-14(15,16)17/h4-6,10H,3,7-9H2,1-2H3,(H,19,20). The van der Waals surface area contributed by atoms with Crippen molar-refractivity contribution in [2.24, 2.45) is 0 Å². The number of nitrogens with one attached hydrogen (secondary N) is 1. The molecule has 1 unspecified atom stereocenters. The van der Waals surface area contributed by atoms with E-state index >= 15 is 0 Å². The van der Waals surface area contributed by atoms with Gasteiger partial charge in [0.2, 0.25) is 11.8 Å². The Morgan fingerprint density at radius 1 is 1.42 bits per heavy atom. The van der Waals surface area contributed by atoms with Crippen LogP contribution in [0.3, 0.4) is 0 Å². The van der Waals surface area contributed by atoms with E-state index in [1.165, 1.54) is 25.3 Å². The fourth-order valence-electron chi connectivity index (χ4n) is 1.79. The first-order valence-corrected chi connectivity index (χ1v) is 8.91. The molecule has 1 heterocycles. The van der Waals surface area contributed by atoms with Crippen molar-refractivity contribution in [3.63, 3.8) is 0 Å². The van der Waals surface area contributed by atoms with Crippen LogP contribution >= 0.6 is 0 Å². The van der Waals surface area contributed by atoms with Gasteiger partial charge in [0.15, 0.2) is 16.4 Å². The molecule has 1 rings (SSSR count). The van der Waals surface area contributed by atoms with Gasteiger partial charge >= 0.3 is 6.18 Å². The number of ether oxygens (including phenoxy) is 1. The van der Waals surface area contributed by atoms with Crippen molar-refractivity contribution >= 4 is 15.7 Å². The average Bonchev–Trinajstić information content (AvgIpc) is 2.49. The predicted molar refractivity (Wildman–Crippen MR) is 81.2 cm³/mol. The maximum atomic E-state index is 12.2. The zero-order valence-corrected chi connectivity index (χ0v) is 14.1. The highest BCUT2D eigenvalue weighted by atomic mass is 32.2. The van der Waals surface area contributed by atoms with Crippen LogP contribution in [0.4, 0.5) is 13.2 Å². The first kappa shape index (κ1) is 20.2. The third-order valence-electron chi connectivity index (χ3n) is 3.07. The first-order valence-electron chi connectivity index (χ1n) is 7.19. The molecule has 136 valence electrons. The fraction of sp³-hybridized carbons (Fsp3) is 0.571. The third kappa shape index (κ3) is 6.34. The van der Waals surface area contributed by atoms with Gasteiger partial charge < -0.3 is 10.1 Å². The number of sulfone groups is 1. The molecule has 0 aliphatic rings. The van der Waals surface area contributed by atoms with Gasteiger partial charge in [0.25, 0.3) is 0 Å². The Bertz CT molecular complexity index is 662. The van der Waals surface area contributed by atoms with Crippen LogP contribution in [0.2, 0.25) is 0 Å². The maximum Gasteiger partial charge on any atom is 0.422 e. The third-order valence-corrected chi connectivity index (χ3v) is 5.34. The Balaban J connectivity index is 2.72. The second-order valence-corrected chi connectivity index (χ2v) is 7.54. The molecule has 0 aliphatic carbocycles. The van der Waals surface area contributed by atoms with Gasteiger partial charge in [-0.1, -0.05) is 13.0 Å². The van der Waals surface area contributed by atoms with E-state index < -0.39 is 33.8 Å². The topological polar surface area (TPSA) is 85.4 Å². The van der Waals surface area contributed by atoms with Crippen molar-refractivity contribution in [2.45, 2.75) is 38.2 Å². The number of hydrogen-bond acceptors (Lipinski definition) is 5. The van der Waals surface area contributed by atoms with Gasteiger partial charge in [0.1, 0.15) is 5.25 Å². The van der Waals surface area contributed by atoms with Gasteiger partial charge in [0.05, 0.1) is 5.75 Å². The van der Waals surface area contributed by atoms with Crippen molar-refractivity contribution in [3.8, 4) is 5.88 Å². The predicted octanol–water partition coefficient (Wildman–Crippen LogP) is 1.85. The molecule has 1 aromatic rings. The second kappa shape index (κ2) is 8.32. The van der Waals surface area contributed by atoms with Gasteiger partial charge in [-0.3, -0.25) is 4.79 Å². The highest BCUT2D eigenvalue weighted by Crippen LogP contribution is 2.20. The summed E-state index contributed by atoms with van der Waals surface area (Å²) < 4.78 is 64.9. The van der Waals surface area contributed by atoms with E-state index in [0.29, 0.717) is 6.42 Å². The highest BCUT2D eigenvalue weighted by Gasteiger charge is 2.29. The normalized spacial score (nSPS) is 13.4. The van der Waals surface area contributed by atoms with Crippen LogP contribution in [0.5, 0.6) is 5.88 Å². The Morgan fingerprint density at radius 3 is 2.67 bits per heavy atom. The molecule has 0 aliphatic heterocycles. The van der Waals surface area contributed by atoms with Gasteiger partial charge in [-0.2, -0.15) is 13.2 Å². The lowest BCUT2D eigenvalue weighted by atomic mass is 10.2. The van der Waals surface area contributed by atoms with Crippen LogP contribution in [0.1, 0.15) is 25.8 Å². The Labute approximate surface area is 138 Å². The summed E-state index contributed by atoms with van der Waals surface area (Å²) in [6.45, 7) is 1.25. The zero-order valence-electron chi connectivity index (χ0n) is 13.3. The summed E-state index contributed by atoms with van der Waals surface area (Å²) in [5.74, 6) is -1.11. The number of hydrogen-bond donors (Lipinski definition) is 1. The SMILES string of the molecule is CCCS(=O)(=O)C(C)C(=O)NCc1cccnc1OCC(F)(F)F. The van der Waals surface area contributed by atoms with Gasteiger partial charge in [-0.05, 0) is 19.4 Å². The highest BCUT2D eigenvalue weighted by molar-refractivity contribution is 7.92. The van der Waals surface area contributed by atoms with E-state index in [1.807, 2.05) is 0 Å². The summed E-state index contributed by atoms with van der Waals surface area (Å²) in [6, 6.07) is 2.91. The largest absolute Gasteiger partial charge is 0.468 e. The fourth-order valence-corrected chi connectivity index (χ4v) is 3.12. The summed E-state index contributed by atoms with van der Waals surface area (Å²) in [5.41, 5.74) is 0.218. The molecule has 0 saturated carbocycles. The zero-order chi connectivity index (χ0) is 18.4. The Kier molecular flexibility index (Phi) is 7.00. The molecule has 0 fully saturated rings. The van der Waals surface area contributed by atoms with Crippen molar-refractivity contribution < 1.29 is 31.1 Å². The van der Waals surface area contributed by atoms with Crippen LogP contribution in [0.25, 0.3) is 0 Å². The van der Waals surface area contributed by atoms with E-state index in [-0.39, 0.29) is 23.7 Å². The van der Waals surface area contributed by atoms with Crippen LogP contribution in [-0.2, 0) is 21.2 Å². The molecule has 1 amide bonds. The summed E-state index contributed by atoms with van der Waals surface area (Å²) in [7, 11) is -3.56. The number of alkyl halides is 3. The van der Waals surface area contributed by atoms with Crippen molar-refractivity contribution in [3.05, 3.63) is 23.9 Å². The molecular formula is C14H19F3N2O4S. The minimum Gasteiger partial charge on any atom is -0.468 e. The molecule has 0 radical (unpaired) electrons. The molecule has 1 atom stereocenters. The molecule has 0 spiro atoms. The second-order valence-electron chi connectivity index (χ2n) is 5.10. The number of pyridine rings is 1. The lowest BCUT2D eigenvalue weighted by Gasteiger charge is -2.15. The van der Waals surface area contributed by atoms with E-state index in [0.717, 1.165) is 0 Å². The monoisotopic (exact) mass is 368 g/mol. The number of rotatable bonds is 8. The number of halogens is 3. The molecule has 6 nitrogen and oxygen atoms in total. The Hall–Kier alpha value is -1.84. The van der Waals surface area contributed by atoms with Crippen molar-refractivity contribution in [2.75, 3.05) is 12.4 Å². The minimum atomic E-state index is -4.51. The molecule has 1 N–H and O–H groups in total. The number of nitrogens with zero attached hydrogens (tertiary/aromatic N) is 1. The molecule has 0 saturated heterocycles. The molecule has 0 aromatic carbocycles. The molecule has 10 heteroatoms. The molecule has 1 aromatic heterocycles. The molecule has 0 bridgehead atoms. The Morgan fingerprint density at radius 2 is 2.08 bits per heavy atom. The quantitative estimate of drug-likeness (QED) is 0.757. The van der Waals surface area contributed by atoms with Crippen LogP contribution in [-0.4, -0.2) is 43.1 Å². The number of amides is 1. The number of carbonyl (C=O) groups is 1. The molecular weight excluding hydrogens is 349 g/mol. The van der Waals surface area contributed by atoms with Crippen LogP contribution in [0, 0.1) is 0 Å². The van der Waals surface area contributed by atoms with Crippen LogP contribution < -0.4 is 10.1 Å². The lowest BCUT2D eigenvalue weighted by molar-refractivity contribution is -0.154. The lowest BCUT2D eigenvalue weighted by Crippen LogP contribution is -2.38. The van der Waals surface area contributed by atoms with Gasteiger partial charge in [-0.25, -0.2) is 13.4 Å². The van der Waals surface area contributed by atoms with E-state index in [4.69, 9.17) is 0 Å². The maximum absolute atomic E-state index is 12.2. The van der Waals surface area contributed by atoms with E-state index in [9.17, 15) is 26.4 Å². The summed E-state index contributed by atoms with van der Waals surface area (Å²) in [6.07, 6.45) is -2.87. The molecule has 24 heavy (non-hydrogen) atoms. The summed E-state index contributed by atoms with van der Waals surface area (Å²) in [4.78, 5) is 15.6. The van der Waals surface area contributed by atoms with Crippen LogP contribution in [0.15, 0.2) is 18.3 Å². The van der Waals surface area contributed by atoms with Crippen molar-refractivity contribution in [1.29, 1.82) is 0 Å². The summed E-state index contributed by atoms with van der Waals surface area (Å²) in [5, 5.41) is 1.14. The minimum absolute atomic E-state index is 0.117. The van der Waals surface area contributed by atoms with Gasteiger partial charge in [0, 0.05) is 18.3 Å². The number of aromatic nitrogens is 1. The first-order chi connectivity index (χ1) is 11.1. The summed E-state index contributed by atoms with van der Waals surface area (Å²) >= 11 is 0. The van der Waals surface area contributed by atoms with E-state index in [2.05, 4.69) is 15.0 Å². The smallest absolute Gasteiger partial charge is 0.422 e. The van der Waals surface area contributed by atoms with E-state index in [1.54, 1.807) is 6.92 Å². The average molecular weight is 368 g/mol. The van der Waals surface area contributed by atoms with Crippen molar-refractivity contribution in [1.82, 2.24) is 10.3 Å². The van der Waals surface area contributed by atoms with Gasteiger partial charge in [-0.15, -0.1) is 0 Å².